The van der Waals surface area contributed by atoms with Crippen molar-refractivity contribution in [3.63, 3.8) is 0 Å². The van der Waals surface area contributed by atoms with E-state index in [0.29, 0.717) is 16.9 Å². The molecule has 1 saturated heterocycles. The summed E-state index contributed by atoms with van der Waals surface area (Å²) >= 11 is 0. The van der Waals surface area contributed by atoms with Gasteiger partial charge >= 0.3 is 6.03 Å². The second-order valence-electron chi connectivity index (χ2n) is 7.30. The van der Waals surface area contributed by atoms with Crippen LogP contribution in [-0.2, 0) is 19.9 Å². The molecule has 31 heavy (non-hydrogen) atoms. The number of carbonyl (C=O) groups excluding carboxylic acids is 4. The molecule has 158 valence electrons. The van der Waals surface area contributed by atoms with Gasteiger partial charge in [-0.05, 0) is 36.8 Å². The van der Waals surface area contributed by atoms with E-state index in [1.807, 2.05) is 0 Å². The zero-order valence-electron chi connectivity index (χ0n) is 16.3. The molecular formula is C20H17N5O6. The second-order valence-corrected chi connectivity index (χ2v) is 7.30. The number of para-hydroxylation sites is 2. The Kier molecular flexibility index (Phi) is 4.65. The van der Waals surface area contributed by atoms with Crippen LogP contribution in [0.3, 0.4) is 0 Å². The quantitative estimate of drug-likeness (QED) is 0.432. The van der Waals surface area contributed by atoms with Gasteiger partial charge in [0.15, 0.2) is 0 Å². The molecule has 4 rings (SSSR count). The van der Waals surface area contributed by atoms with Gasteiger partial charge in [-0.3, -0.25) is 34.3 Å². The third-order valence-corrected chi connectivity index (χ3v) is 5.30. The normalized spacial score (nSPS) is 20.2. The monoisotopic (exact) mass is 423 g/mol. The Morgan fingerprint density at radius 1 is 1.13 bits per heavy atom. The van der Waals surface area contributed by atoms with Crippen molar-refractivity contribution >= 4 is 40.8 Å². The maximum Gasteiger partial charge on any atom is 0.325 e. The van der Waals surface area contributed by atoms with E-state index in [1.165, 1.54) is 36.1 Å². The number of anilines is 2. The summed E-state index contributed by atoms with van der Waals surface area (Å²) in [4.78, 5) is 62.7. The van der Waals surface area contributed by atoms with E-state index < -0.39 is 34.9 Å². The molecule has 2 aliphatic heterocycles. The smallest absolute Gasteiger partial charge is 0.323 e. The summed E-state index contributed by atoms with van der Waals surface area (Å²) in [6.45, 7) is 0.663. The number of nitro groups is 1. The molecule has 0 bridgehead atoms. The van der Waals surface area contributed by atoms with Crippen molar-refractivity contribution in [3.05, 3.63) is 64.2 Å². The molecule has 0 saturated carbocycles. The van der Waals surface area contributed by atoms with Gasteiger partial charge in [-0.25, -0.2) is 4.79 Å². The van der Waals surface area contributed by atoms with Crippen molar-refractivity contribution in [3.8, 4) is 0 Å². The highest BCUT2D eigenvalue weighted by atomic mass is 16.6. The number of amides is 5. The van der Waals surface area contributed by atoms with E-state index in [2.05, 4.69) is 10.6 Å². The number of nitrogens with one attached hydrogen (secondary N) is 2. The third-order valence-electron chi connectivity index (χ3n) is 5.30. The second kappa shape index (κ2) is 7.20. The van der Waals surface area contributed by atoms with Crippen LogP contribution in [0.2, 0.25) is 0 Å². The SMILES string of the molecule is CC1(c2ccc([N+](=O)[O-])cc2)NC(=O)N(CC(=O)N2CC(=O)Nc3ccccc32)C1=O. The van der Waals surface area contributed by atoms with Crippen LogP contribution in [0.25, 0.3) is 0 Å². The average molecular weight is 423 g/mol. The molecule has 2 aromatic rings. The minimum atomic E-state index is -1.48. The lowest BCUT2D eigenvalue weighted by Crippen LogP contribution is -2.48. The lowest BCUT2D eigenvalue weighted by molar-refractivity contribution is -0.384. The number of nitrogens with zero attached hydrogens (tertiary/aromatic N) is 3. The van der Waals surface area contributed by atoms with Crippen LogP contribution in [0.4, 0.5) is 21.9 Å². The first kappa shape index (κ1) is 20.0. The van der Waals surface area contributed by atoms with Crippen LogP contribution in [0.5, 0.6) is 0 Å². The van der Waals surface area contributed by atoms with Gasteiger partial charge in [-0.15, -0.1) is 0 Å². The number of nitro benzene ring substituents is 1. The van der Waals surface area contributed by atoms with Gasteiger partial charge in [0.25, 0.3) is 11.6 Å². The zero-order chi connectivity index (χ0) is 22.3. The minimum absolute atomic E-state index is 0.154. The molecule has 0 aromatic heterocycles. The van der Waals surface area contributed by atoms with Gasteiger partial charge in [-0.2, -0.15) is 0 Å². The summed E-state index contributed by atoms with van der Waals surface area (Å²) in [5.41, 5.74) is -0.367. The molecule has 1 unspecified atom stereocenters. The lowest BCUT2D eigenvalue weighted by Gasteiger charge is -2.30. The molecule has 2 aromatic carbocycles. The predicted octanol–water partition coefficient (Wildman–Crippen LogP) is 1.35. The molecule has 2 N–H and O–H groups in total. The van der Waals surface area contributed by atoms with Gasteiger partial charge in [0.1, 0.15) is 18.6 Å². The van der Waals surface area contributed by atoms with Crippen molar-refractivity contribution < 1.29 is 24.1 Å². The average Bonchev–Trinajstić information content (AvgIpc) is 2.97. The van der Waals surface area contributed by atoms with Crippen molar-refractivity contribution in [2.24, 2.45) is 0 Å². The Balaban J connectivity index is 1.57. The number of carbonyl (C=O) groups is 4. The van der Waals surface area contributed by atoms with E-state index in [-0.39, 0.29) is 18.1 Å². The number of urea groups is 1. The molecule has 11 nitrogen and oxygen atoms in total. The van der Waals surface area contributed by atoms with Crippen molar-refractivity contribution in [1.29, 1.82) is 0 Å². The topological polar surface area (TPSA) is 142 Å². The summed E-state index contributed by atoms with van der Waals surface area (Å²) in [5.74, 6) is -1.66. The maximum atomic E-state index is 13.0. The van der Waals surface area contributed by atoms with Crippen molar-refractivity contribution in [2.75, 3.05) is 23.3 Å². The molecule has 11 heteroatoms. The van der Waals surface area contributed by atoms with Gasteiger partial charge in [-0.1, -0.05) is 12.1 Å². The van der Waals surface area contributed by atoms with E-state index in [0.717, 1.165) is 4.90 Å². The molecule has 2 aliphatic rings. The highest BCUT2D eigenvalue weighted by molar-refractivity contribution is 6.14. The summed E-state index contributed by atoms with van der Waals surface area (Å²) in [6, 6.07) is 11.2. The fourth-order valence-corrected chi connectivity index (χ4v) is 3.63. The van der Waals surface area contributed by atoms with Crippen LogP contribution in [0, 0.1) is 10.1 Å². The van der Waals surface area contributed by atoms with Crippen molar-refractivity contribution in [1.82, 2.24) is 10.2 Å². The number of imide groups is 1. The first-order valence-corrected chi connectivity index (χ1v) is 9.29. The molecule has 5 amide bonds. The first-order chi connectivity index (χ1) is 14.7. The van der Waals surface area contributed by atoms with Crippen LogP contribution >= 0.6 is 0 Å². The highest BCUT2D eigenvalue weighted by Crippen LogP contribution is 2.32. The van der Waals surface area contributed by atoms with Gasteiger partial charge in [0, 0.05) is 12.1 Å². The van der Waals surface area contributed by atoms with Crippen molar-refractivity contribution in [2.45, 2.75) is 12.5 Å². The van der Waals surface area contributed by atoms with E-state index in [1.54, 1.807) is 24.3 Å². The largest absolute Gasteiger partial charge is 0.325 e. The summed E-state index contributed by atoms with van der Waals surface area (Å²) < 4.78 is 0. The van der Waals surface area contributed by atoms with Crippen LogP contribution in [0.15, 0.2) is 48.5 Å². The lowest BCUT2D eigenvalue weighted by atomic mass is 9.92. The van der Waals surface area contributed by atoms with Gasteiger partial charge in [0.05, 0.1) is 16.3 Å². The van der Waals surface area contributed by atoms with E-state index >= 15 is 0 Å². The Bertz CT molecular complexity index is 1130. The molecular weight excluding hydrogens is 406 g/mol. The predicted molar refractivity (Wildman–Crippen MR) is 108 cm³/mol. The third kappa shape index (κ3) is 3.35. The fourth-order valence-electron chi connectivity index (χ4n) is 3.63. The highest BCUT2D eigenvalue weighted by Gasteiger charge is 2.50. The summed E-state index contributed by atoms with van der Waals surface area (Å²) in [5, 5.41) is 16.1. The standard InChI is InChI=1S/C20H17N5O6/c1-20(12-6-8-13(9-7-12)25(30)31)18(28)24(19(29)22-20)11-17(27)23-10-16(26)21-14-4-2-3-5-15(14)23/h2-9H,10-11H2,1H3,(H,21,26)(H,22,29). The summed E-state index contributed by atoms with van der Waals surface area (Å²) in [7, 11) is 0. The molecule has 0 aliphatic carbocycles. The number of rotatable bonds is 4. The maximum absolute atomic E-state index is 13.0. The van der Waals surface area contributed by atoms with Gasteiger partial charge in [0.2, 0.25) is 11.8 Å². The Labute approximate surface area is 175 Å². The first-order valence-electron chi connectivity index (χ1n) is 9.29. The number of fused-ring (bicyclic) bond motifs is 1. The van der Waals surface area contributed by atoms with Crippen LogP contribution < -0.4 is 15.5 Å². The summed E-state index contributed by atoms with van der Waals surface area (Å²) in [6.07, 6.45) is 0. The van der Waals surface area contributed by atoms with Crippen LogP contribution in [0.1, 0.15) is 12.5 Å². The zero-order valence-corrected chi connectivity index (χ0v) is 16.3. The number of hydrogen-bond donors (Lipinski definition) is 2. The van der Waals surface area contributed by atoms with Crippen LogP contribution in [-0.4, -0.2) is 46.7 Å². The van der Waals surface area contributed by atoms with E-state index in [4.69, 9.17) is 0 Å². The van der Waals surface area contributed by atoms with E-state index in [9.17, 15) is 29.3 Å². The molecule has 0 spiro atoms. The number of hydrogen-bond acceptors (Lipinski definition) is 6. The minimum Gasteiger partial charge on any atom is -0.323 e. The Morgan fingerprint density at radius 2 is 1.81 bits per heavy atom. The molecule has 1 atom stereocenters. The number of non-ortho nitro benzene ring substituents is 1. The molecule has 0 radical (unpaired) electrons. The number of benzene rings is 2. The molecule has 2 heterocycles. The van der Waals surface area contributed by atoms with Gasteiger partial charge < -0.3 is 10.6 Å². The Morgan fingerprint density at radius 3 is 2.48 bits per heavy atom. The molecule has 1 fully saturated rings. The fraction of sp³-hybridized carbons (Fsp3) is 0.200. The Hall–Kier alpha value is -4.28.